The van der Waals surface area contributed by atoms with Crippen molar-refractivity contribution >= 4 is 17.5 Å². The van der Waals surface area contributed by atoms with Gasteiger partial charge in [0.15, 0.2) is 0 Å². The summed E-state index contributed by atoms with van der Waals surface area (Å²) in [6.45, 7) is 1.48. The Bertz CT molecular complexity index is 874. The predicted molar refractivity (Wildman–Crippen MR) is 105 cm³/mol. The molecule has 0 unspecified atom stereocenters. The minimum Gasteiger partial charge on any atom is -0.342 e. The third kappa shape index (κ3) is 5.04. The first-order valence-electron chi connectivity index (χ1n) is 8.81. The van der Waals surface area contributed by atoms with E-state index in [9.17, 15) is 9.59 Å². The fourth-order valence-electron chi connectivity index (χ4n) is 2.72. The molecule has 0 bridgehead atoms. The number of hydrogen-bond donors (Lipinski definition) is 1. The molecule has 6 heteroatoms. The fraction of sp³-hybridized carbons (Fsp3) is 0.190. The van der Waals surface area contributed by atoms with Gasteiger partial charge in [0.25, 0.3) is 11.8 Å². The Morgan fingerprint density at radius 2 is 1.78 bits per heavy atom. The molecule has 2 aromatic carbocycles. The van der Waals surface area contributed by atoms with Gasteiger partial charge in [0, 0.05) is 49.3 Å². The molecule has 1 aromatic heterocycles. The second-order valence-corrected chi connectivity index (χ2v) is 6.28. The summed E-state index contributed by atoms with van der Waals surface area (Å²) in [5.41, 5.74) is 1.84. The highest BCUT2D eigenvalue weighted by Gasteiger charge is 2.12. The van der Waals surface area contributed by atoms with E-state index < -0.39 is 0 Å². The largest absolute Gasteiger partial charge is 0.342 e. The Balaban J connectivity index is 1.52. The summed E-state index contributed by atoms with van der Waals surface area (Å²) < 4.78 is 1.99. The molecule has 0 spiro atoms. The molecular formula is C21H22N4O2. The summed E-state index contributed by atoms with van der Waals surface area (Å²) >= 11 is 0. The highest BCUT2D eigenvalue weighted by Crippen LogP contribution is 2.13. The quantitative estimate of drug-likeness (QED) is 0.701. The minimum atomic E-state index is -0.175. The number of hydrogen-bond acceptors (Lipinski definition) is 3. The van der Waals surface area contributed by atoms with Crippen LogP contribution in [-0.2, 0) is 6.54 Å². The van der Waals surface area contributed by atoms with E-state index in [1.54, 1.807) is 60.9 Å². The highest BCUT2D eigenvalue weighted by molar-refractivity contribution is 6.04. The topological polar surface area (TPSA) is 67.2 Å². The average molecular weight is 362 g/mol. The molecule has 0 saturated heterocycles. The van der Waals surface area contributed by atoms with Gasteiger partial charge in [-0.3, -0.25) is 9.59 Å². The van der Waals surface area contributed by atoms with E-state index in [0.717, 1.165) is 13.0 Å². The van der Waals surface area contributed by atoms with E-state index in [-0.39, 0.29) is 11.8 Å². The first kappa shape index (κ1) is 18.4. The maximum absolute atomic E-state index is 12.5. The fourth-order valence-corrected chi connectivity index (χ4v) is 2.72. The second-order valence-electron chi connectivity index (χ2n) is 6.28. The van der Waals surface area contributed by atoms with Gasteiger partial charge >= 0.3 is 0 Å². The van der Waals surface area contributed by atoms with Crippen molar-refractivity contribution in [2.45, 2.75) is 13.0 Å². The Hall–Kier alpha value is -3.41. The highest BCUT2D eigenvalue weighted by atomic mass is 16.2. The lowest BCUT2D eigenvalue weighted by Gasteiger charge is -2.17. The van der Waals surface area contributed by atoms with Gasteiger partial charge in [-0.15, -0.1) is 0 Å². The molecule has 0 saturated carbocycles. The van der Waals surface area contributed by atoms with Crippen molar-refractivity contribution in [1.82, 2.24) is 14.5 Å². The van der Waals surface area contributed by atoms with Gasteiger partial charge in [-0.05, 0) is 42.8 Å². The molecule has 1 heterocycles. The summed E-state index contributed by atoms with van der Waals surface area (Å²) in [6, 6.07) is 16.0. The number of benzene rings is 2. The number of amides is 2. The number of nitrogens with one attached hydrogen (secondary N) is 1. The van der Waals surface area contributed by atoms with E-state index in [1.165, 1.54) is 0 Å². The number of carbonyl (C=O) groups is 2. The van der Waals surface area contributed by atoms with E-state index >= 15 is 0 Å². The van der Waals surface area contributed by atoms with E-state index in [2.05, 4.69) is 10.3 Å². The molecule has 27 heavy (non-hydrogen) atoms. The summed E-state index contributed by atoms with van der Waals surface area (Å²) in [6.07, 6.45) is 6.27. The van der Waals surface area contributed by atoms with Gasteiger partial charge in [0.05, 0.1) is 6.33 Å². The standard InChI is InChI=1S/C21H22N4O2/c1-24(13-5-14-25-15-12-22-16-25)21(27)18-8-10-19(11-9-18)23-20(26)17-6-3-2-4-7-17/h2-4,6-12,15-16H,5,13-14H2,1H3,(H,23,26). The smallest absolute Gasteiger partial charge is 0.255 e. The number of rotatable bonds is 7. The summed E-state index contributed by atoms with van der Waals surface area (Å²) in [5.74, 6) is -0.215. The van der Waals surface area contributed by atoms with E-state index in [1.807, 2.05) is 29.0 Å². The number of anilines is 1. The van der Waals surface area contributed by atoms with Crippen LogP contribution < -0.4 is 5.32 Å². The van der Waals surface area contributed by atoms with Crippen LogP contribution in [-0.4, -0.2) is 39.9 Å². The maximum atomic E-state index is 12.5. The Morgan fingerprint density at radius 3 is 2.44 bits per heavy atom. The SMILES string of the molecule is CN(CCCn1ccnc1)C(=O)c1ccc(NC(=O)c2ccccc2)cc1. The molecule has 0 aliphatic carbocycles. The van der Waals surface area contributed by atoms with Crippen LogP contribution >= 0.6 is 0 Å². The van der Waals surface area contributed by atoms with Crippen LogP contribution in [0.25, 0.3) is 0 Å². The van der Waals surface area contributed by atoms with Crippen molar-refractivity contribution in [3.8, 4) is 0 Å². The predicted octanol–water partition coefficient (Wildman–Crippen LogP) is 3.30. The van der Waals surface area contributed by atoms with Crippen LogP contribution in [0.5, 0.6) is 0 Å². The normalized spacial score (nSPS) is 10.4. The molecule has 138 valence electrons. The Kier molecular flexibility index (Phi) is 5.99. The van der Waals surface area contributed by atoms with Crippen molar-refractivity contribution in [3.05, 3.63) is 84.4 Å². The molecule has 0 aliphatic heterocycles. The molecular weight excluding hydrogens is 340 g/mol. The van der Waals surface area contributed by atoms with Gasteiger partial charge in [-0.25, -0.2) is 4.98 Å². The number of aromatic nitrogens is 2. The van der Waals surface area contributed by atoms with Gasteiger partial charge in [-0.1, -0.05) is 18.2 Å². The lowest BCUT2D eigenvalue weighted by Crippen LogP contribution is -2.28. The van der Waals surface area contributed by atoms with Gasteiger partial charge in [0.2, 0.25) is 0 Å². The van der Waals surface area contributed by atoms with E-state index in [0.29, 0.717) is 23.4 Å². The molecule has 2 amide bonds. The zero-order valence-electron chi connectivity index (χ0n) is 15.2. The van der Waals surface area contributed by atoms with Crippen molar-refractivity contribution in [1.29, 1.82) is 0 Å². The van der Waals surface area contributed by atoms with Crippen LogP contribution in [0.3, 0.4) is 0 Å². The zero-order valence-corrected chi connectivity index (χ0v) is 15.2. The van der Waals surface area contributed by atoms with E-state index in [4.69, 9.17) is 0 Å². The summed E-state index contributed by atoms with van der Waals surface area (Å²) in [4.78, 5) is 30.4. The molecule has 3 rings (SSSR count). The van der Waals surface area contributed by atoms with Crippen molar-refractivity contribution in [3.63, 3.8) is 0 Å². The van der Waals surface area contributed by atoms with Crippen LogP contribution in [0.4, 0.5) is 5.69 Å². The minimum absolute atomic E-state index is 0.0402. The van der Waals surface area contributed by atoms with Crippen molar-refractivity contribution in [2.75, 3.05) is 18.9 Å². The summed E-state index contributed by atoms with van der Waals surface area (Å²) in [7, 11) is 1.79. The van der Waals surface area contributed by atoms with Crippen LogP contribution in [0, 0.1) is 0 Å². The molecule has 0 radical (unpaired) electrons. The number of carbonyl (C=O) groups excluding carboxylic acids is 2. The first-order chi connectivity index (χ1) is 13.1. The maximum Gasteiger partial charge on any atom is 0.255 e. The average Bonchev–Trinajstić information content (AvgIpc) is 3.22. The van der Waals surface area contributed by atoms with Crippen LogP contribution in [0.15, 0.2) is 73.3 Å². The van der Waals surface area contributed by atoms with Crippen LogP contribution in [0.2, 0.25) is 0 Å². The van der Waals surface area contributed by atoms with Crippen LogP contribution in [0.1, 0.15) is 27.1 Å². The molecule has 0 atom stereocenters. The van der Waals surface area contributed by atoms with Gasteiger partial charge in [0.1, 0.15) is 0 Å². The monoisotopic (exact) mass is 362 g/mol. The van der Waals surface area contributed by atoms with Gasteiger partial charge < -0.3 is 14.8 Å². The lowest BCUT2D eigenvalue weighted by atomic mass is 10.1. The number of imidazole rings is 1. The van der Waals surface area contributed by atoms with Crippen molar-refractivity contribution < 1.29 is 9.59 Å². The first-order valence-corrected chi connectivity index (χ1v) is 8.81. The Labute approximate surface area is 158 Å². The van der Waals surface area contributed by atoms with Crippen molar-refractivity contribution in [2.24, 2.45) is 0 Å². The summed E-state index contributed by atoms with van der Waals surface area (Å²) in [5, 5.41) is 2.83. The third-order valence-electron chi connectivity index (χ3n) is 4.24. The molecule has 6 nitrogen and oxygen atoms in total. The molecule has 3 aromatic rings. The number of nitrogens with zero attached hydrogens (tertiary/aromatic N) is 3. The number of aryl methyl sites for hydroxylation is 1. The molecule has 0 fully saturated rings. The molecule has 1 N–H and O–H groups in total. The third-order valence-corrected chi connectivity index (χ3v) is 4.24. The second kappa shape index (κ2) is 8.80. The Morgan fingerprint density at radius 1 is 1.04 bits per heavy atom. The van der Waals surface area contributed by atoms with Gasteiger partial charge in [-0.2, -0.15) is 0 Å². The molecule has 0 aliphatic rings. The zero-order chi connectivity index (χ0) is 19.1. The lowest BCUT2D eigenvalue weighted by molar-refractivity contribution is 0.0791.